The van der Waals surface area contributed by atoms with E-state index in [0.717, 1.165) is 6.33 Å². The predicted molar refractivity (Wildman–Crippen MR) is 138 cm³/mol. The van der Waals surface area contributed by atoms with Gasteiger partial charge in [-0.1, -0.05) is 0 Å². The standard InChI is InChI=1S/C20H32N5O18P3/c21-17-11-18(23-7-22-17)25(8-24-11)19-16(43-46(33,34)35)13-9(38-19)5-36-3-1-2-4-37-6-10-14(41-44(27,28)29)15(42-45(30,31)32)12(26)20(39-10)40-13/h7-10,12-16,19-20,26H,1-6H2,(H2,21,22,23)(H2,27,28,29)(H2,30,31,32)(H2,33,34,35)/p-3/t9-,10-,12-,13-,14-,15-,16-,19-,20-/m1/s1. The van der Waals surface area contributed by atoms with Crippen molar-refractivity contribution in [2.75, 3.05) is 32.2 Å². The molecule has 26 heteroatoms. The van der Waals surface area contributed by atoms with Gasteiger partial charge < -0.3 is 77.5 Å². The van der Waals surface area contributed by atoms with Gasteiger partial charge in [-0.25, -0.2) is 15.0 Å². The highest BCUT2D eigenvalue weighted by molar-refractivity contribution is 7.45. The summed E-state index contributed by atoms with van der Waals surface area (Å²) < 4.78 is 79.6. The molecule has 6 N–H and O–H groups in total. The number of nitrogens with two attached hydrogens (primary N) is 1. The third-order valence-corrected chi connectivity index (χ3v) is 8.54. The number of phosphoric acid groups is 3. The minimum Gasteiger partial charge on any atom is -0.756 e. The van der Waals surface area contributed by atoms with Gasteiger partial charge in [-0.2, -0.15) is 0 Å². The van der Waals surface area contributed by atoms with Gasteiger partial charge in [0.05, 0.1) is 19.5 Å². The van der Waals surface area contributed by atoms with Crippen molar-refractivity contribution in [2.24, 2.45) is 0 Å². The summed E-state index contributed by atoms with van der Waals surface area (Å²) in [5.74, 6) is -0.0334. The summed E-state index contributed by atoms with van der Waals surface area (Å²) in [4.78, 5) is 76.0. The molecule has 3 aliphatic rings. The van der Waals surface area contributed by atoms with E-state index in [1.807, 2.05) is 0 Å². The molecule has 12 atom stereocenters. The maximum absolute atomic E-state index is 12.1. The first kappa shape index (κ1) is 35.7. The first-order valence-electron chi connectivity index (χ1n) is 13.4. The average Bonchev–Trinajstić information content (AvgIpc) is 3.49. The van der Waals surface area contributed by atoms with Crippen molar-refractivity contribution >= 4 is 40.4 Å². The van der Waals surface area contributed by atoms with Crippen LogP contribution in [0.3, 0.4) is 0 Å². The molecular weight excluding hydrogens is 691 g/mol. The highest BCUT2D eigenvalue weighted by atomic mass is 31.2. The van der Waals surface area contributed by atoms with Gasteiger partial charge in [0, 0.05) is 13.2 Å². The summed E-state index contributed by atoms with van der Waals surface area (Å²) in [5, 5.41) is 11.1. The zero-order valence-corrected chi connectivity index (χ0v) is 26.0. The van der Waals surface area contributed by atoms with E-state index in [1.165, 1.54) is 10.9 Å². The van der Waals surface area contributed by atoms with E-state index in [-0.39, 0.29) is 36.8 Å². The molecule has 23 nitrogen and oxygen atoms in total. The Bertz CT molecular complexity index is 1500. The van der Waals surface area contributed by atoms with Crippen LogP contribution in [-0.2, 0) is 51.0 Å². The molecule has 5 rings (SSSR count). The minimum atomic E-state index is -5.75. The Morgan fingerprint density at radius 3 is 2.04 bits per heavy atom. The zero-order valence-electron chi connectivity index (χ0n) is 23.3. The Kier molecular flexibility index (Phi) is 11.0. The maximum atomic E-state index is 12.1. The van der Waals surface area contributed by atoms with Crippen LogP contribution in [0.4, 0.5) is 5.82 Å². The van der Waals surface area contributed by atoms with E-state index >= 15 is 0 Å². The van der Waals surface area contributed by atoms with Crippen LogP contribution in [0.5, 0.6) is 0 Å². The molecule has 0 saturated carbocycles. The fourth-order valence-corrected chi connectivity index (χ4v) is 6.86. The number of fused-ring (bicyclic) bond motifs is 4. The second-order valence-corrected chi connectivity index (χ2v) is 13.7. The number of imidazole rings is 1. The Morgan fingerprint density at radius 2 is 1.41 bits per heavy atom. The molecule has 3 saturated heterocycles. The van der Waals surface area contributed by atoms with Crippen molar-refractivity contribution in [1.82, 2.24) is 19.5 Å². The van der Waals surface area contributed by atoms with E-state index in [1.54, 1.807) is 0 Å². The van der Waals surface area contributed by atoms with Gasteiger partial charge in [0.25, 0.3) is 23.5 Å². The van der Waals surface area contributed by atoms with Gasteiger partial charge in [-0.3, -0.25) is 18.3 Å². The number of nitrogen functional groups attached to an aromatic ring is 1. The van der Waals surface area contributed by atoms with Crippen molar-refractivity contribution in [3.05, 3.63) is 12.7 Å². The van der Waals surface area contributed by atoms with Crippen LogP contribution in [0.15, 0.2) is 12.7 Å². The Morgan fingerprint density at radius 1 is 0.826 bits per heavy atom. The van der Waals surface area contributed by atoms with Gasteiger partial charge in [0.15, 0.2) is 24.0 Å². The largest absolute Gasteiger partial charge is 0.756 e. The topological polar surface area (TPSA) is 345 Å². The number of anilines is 1. The first-order valence-corrected chi connectivity index (χ1v) is 17.9. The molecule has 5 heterocycles. The van der Waals surface area contributed by atoms with Crippen LogP contribution in [-0.4, -0.2) is 115 Å². The number of aromatic nitrogens is 4. The van der Waals surface area contributed by atoms with Crippen LogP contribution in [0.2, 0.25) is 0 Å². The molecule has 0 amide bonds. The lowest BCUT2D eigenvalue weighted by Crippen LogP contribution is -2.62. The van der Waals surface area contributed by atoms with Gasteiger partial charge in [0.1, 0.15) is 54.6 Å². The summed E-state index contributed by atoms with van der Waals surface area (Å²) >= 11 is 0. The summed E-state index contributed by atoms with van der Waals surface area (Å²) in [6.07, 6.45) is -13.6. The predicted octanol–water partition coefficient (Wildman–Crippen LogP) is -3.86. The molecule has 46 heavy (non-hydrogen) atoms. The minimum absolute atomic E-state index is 0.0334. The monoisotopic (exact) mass is 720 g/mol. The van der Waals surface area contributed by atoms with Crippen LogP contribution in [0.25, 0.3) is 11.2 Å². The highest BCUT2D eigenvalue weighted by Crippen LogP contribution is 2.47. The summed E-state index contributed by atoms with van der Waals surface area (Å²) in [6, 6.07) is 0. The lowest BCUT2D eigenvalue weighted by molar-refractivity contribution is -0.329. The Labute approximate surface area is 258 Å². The van der Waals surface area contributed by atoms with E-state index in [0.29, 0.717) is 12.8 Å². The van der Waals surface area contributed by atoms with Gasteiger partial charge in [0.2, 0.25) is 0 Å². The number of ether oxygens (including phenoxy) is 5. The number of aliphatic hydroxyl groups excluding tert-OH is 1. The van der Waals surface area contributed by atoms with Crippen LogP contribution < -0.4 is 20.4 Å². The quantitative estimate of drug-likeness (QED) is 0.171. The molecule has 3 unspecified atom stereocenters. The molecule has 2 aromatic rings. The highest BCUT2D eigenvalue weighted by Gasteiger charge is 2.55. The molecule has 260 valence electrons. The number of hydrogen-bond acceptors (Lipinski definition) is 19. The van der Waals surface area contributed by atoms with Crippen molar-refractivity contribution in [3.63, 3.8) is 0 Å². The SMILES string of the molecule is Nc1ncnc2c1ncn2[C@@H]1O[C@@H]2COCCCCOC[C@H]3O[C@H](O[C@H]2[C@H]1OP(=O)([O-])O)[C@H](O)[C@@H](OP(=O)([O-])O)[C@@H]3OP(=O)([O-])O. The smallest absolute Gasteiger partial charge is 0.265 e. The second kappa shape index (κ2) is 14.1. The van der Waals surface area contributed by atoms with Gasteiger partial charge in [-0.05, 0) is 12.8 Å². The van der Waals surface area contributed by atoms with Crippen LogP contribution >= 0.6 is 23.5 Å². The molecule has 2 aromatic heterocycles. The average molecular weight is 720 g/mol. The first-order chi connectivity index (χ1) is 21.5. The number of phosphoric ester groups is 3. The molecule has 0 radical (unpaired) electrons. The Balaban J connectivity index is 1.55. The molecule has 0 spiro atoms. The Hall–Kier alpha value is -1.56. The number of rotatable bonds is 7. The van der Waals surface area contributed by atoms with Crippen molar-refractivity contribution in [3.8, 4) is 0 Å². The van der Waals surface area contributed by atoms with Crippen LogP contribution in [0, 0.1) is 0 Å². The molecule has 3 fully saturated rings. The van der Waals surface area contributed by atoms with Gasteiger partial charge >= 0.3 is 0 Å². The molecule has 3 aliphatic heterocycles. The van der Waals surface area contributed by atoms with E-state index in [9.17, 15) is 48.2 Å². The van der Waals surface area contributed by atoms with E-state index in [2.05, 4.69) is 24.0 Å². The third kappa shape index (κ3) is 8.72. The summed E-state index contributed by atoms with van der Waals surface area (Å²) in [6.45, 7) is -0.641. The number of aliphatic hydroxyl groups is 1. The van der Waals surface area contributed by atoms with E-state index < -0.39 is 85.3 Å². The lowest BCUT2D eigenvalue weighted by atomic mass is 9.99. The molecular formula is C20H29N5O18P3-3. The van der Waals surface area contributed by atoms with Crippen molar-refractivity contribution in [2.45, 2.75) is 68.1 Å². The van der Waals surface area contributed by atoms with Crippen LogP contribution in [0.1, 0.15) is 19.1 Å². The summed E-state index contributed by atoms with van der Waals surface area (Å²) in [5.41, 5.74) is 6.01. The molecule has 0 aromatic carbocycles. The van der Waals surface area contributed by atoms with Crippen molar-refractivity contribution < 1.29 is 85.4 Å². The number of nitrogens with zero attached hydrogens (tertiary/aromatic N) is 4. The van der Waals surface area contributed by atoms with E-state index in [4.69, 9.17) is 33.9 Å². The zero-order chi connectivity index (χ0) is 33.4. The molecule has 2 bridgehead atoms. The third-order valence-electron chi connectivity index (χ3n) is 7.01. The fraction of sp³-hybridized carbons (Fsp3) is 0.750. The van der Waals surface area contributed by atoms with Gasteiger partial charge in [-0.15, -0.1) is 0 Å². The molecule has 0 aliphatic carbocycles. The maximum Gasteiger partial charge on any atom is 0.265 e. The summed E-state index contributed by atoms with van der Waals surface area (Å²) in [7, 11) is -17.0. The number of hydrogen-bond donors (Lipinski definition) is 5. The van der Waals surface area contributed by atoms with Crippen molar-refractivity contribution in [1.29, 1.82) is 0 Å². The normalized spacial score (nSPS) is 37.0. The fourth-order valence-electron chi connectivity index (χ4n) is 5.21. The lowest BCUT2D eigenvalue weighted by Gasteiger charge is -2.46. The second-order valence-electron chi connectivity index (χ2n) is 10.3.